The third-order valence-corrected chi connectivity index (χ3v) is 2.24. The summed E-state index contributed by atoms with van der Waals surface area (Å²) < 4.78 is 0. The van der Waals surface area contributed by atoms with Crippen molar-refractivity contribution < 1.29 is 0 Å². The Labute approximate surface area is 80.0 Å². The number of benzene rings is 1. The molecule has 1 nitrogen and oxygen atoms in total. The van der Waals surface area contributed by atoms with Crippen LogP contribution >= 0.6 is 0 Å². The fourth-order valence-corrected chi connectivity index (χ4v) is 1.38. The number of rotatable bonds is 2. The van der Waals surface area contributed by atoms with E-state index in [1.165, 1.54) is 5.56 Å². The first-order valence-corrected chi connectivity index (χ1v) is 4.61. The van der Waals surface area contributed by atoms with E-state index in [1.807, 2.05) is 12.1 Å². The van der Waals surface area contributed by atoms with Gasteiger partial charge in [-0.05, 0) is 18.4 Å². The van der Waals surface area contributed by atoms with Crippen molar-refractivity contribution in [2.24, 2.45) is 5.92 Å². The molecule has 1 aromatic carbocycles. The monoisotopic (exact) mass is 173 g/mol. The van der Waals surface area contributed by atoms with E-state index in [0.717, 1.165) is 5.56 Å². The van der Waals surface area contributed by atoms with Crippen molar-refractivity contribution >= 4 is 0 Å². The minimum Gasteiger partial charge on any atom is -0.198 e. The van der Waals surface area contributed by atoms with Gasteiger partial charge in [-0.15, -0.1) is 0 Å². The normalized spacial score (nSPS) is 12.5. The molecule has 0 bridgehead atoms. The van der Waals surface area contributed by atoms with Crippen molar-refractivity contribution in [3.63, 3.8) is 0 Å². The van der Waals surface area contributed by atoms with E-state index in [9.17, 15) is 0 Å². The topological polar surface area (TPSA) is 23.8 Å². The Bertz CT molecular complexity index is 303. The van der Waals surface area contributed by atoms with Crippen molar-refractivity contribution in [2.75, 3.05) is 0 Å². The van der Waals surface area contributed by atoms with Gasteiger partial charge in [0, 0.05) is 0 Å². The van der Waals surface area contributed by atoms with E-state index >= 15 is 0 Å². The molecule has 0 N–H and O–H groups in total. The molecule has 13 heavy (non-hydrogen) atoms. The predicted molar refractivity (Wildman–Crippen MR) is 54.4 cm³/mol. The highest BCUT2D eigenvalue weighted by atomic mass is 14.3. The maximum absolute atomic E-state index is 8.97. The molecule has 0 aliphatic heterocycles. The number of nitrogens with zero attached hydrogens (tertiary/aromatic N) is 1. The molecule has 1 unspecified atom stereocenters. The Morgan fingerprint density at radius 1 is 1.15 bits per heavy atom. The summed E-state index contributed by atoms with van der Waals surface area (Å²) in [5.74, 6) is 0.410. The van der Waals surface area contributed by atoms with Gasteiger partial charge < -0.3 is 0 Å². The maximum Gasteiger partial charge on any atom is 0.0735 e. The van der Waals surface area contributed by atoms with Gasteiger partial charge in [0.2, 0.25) is 0 Å². The average molecular weight is 173 g/mol. The molecule has 0 amide bonds. The summed E-state index contributed by atoms with van der Waals surface area (Å²) in [6.07, 6.45) is 0. The Kier molecular flexibility index (Phi) is 3.08. The van der Waals surface area contributed by atoms with E-state index in [4.69, 9.17) is 5.26 Å². The molecule has 1 atom stereocenters. The highest BCUT2D eigenvalue weighted by Gasteiger charge is 2.13. The molecule has 0 spiro atoms. The minimum absolute atomic E-state index is 0.0283. The van der Waals surface area contributed by atoms with Crippen LogP contribution < -0.4 is 0 Å². The van der Waals surface area contributed by atoms with Gasteiger partial charge in [0.25, 0.3) is 0 Å². The highest BCUT2D eigenvalue weighted by molar-refractivity contribution is 5.28. The molecule has 0 aliphatic rings. The average Bonchev–Trinajstić information content (AvgIpc) is 2.09. The van der Waals surface area contributed by atoms with Crippen LogP contribution in [0, 0.1) is 24.2 Å². The molecular formula is C12H15N. The van der Waals surface area contributed by atoms with Crippen LogP contribution in [0.1, 0.15) is 30.9 Å². The molecule has 0 aliphatic carbocycles. The zero-order valence-corrected chi connectivity index (χ0v) is 8.41. The van der Waals surface area contributed by atoms with Gasteiger partial charge in [0.1, 0.15) is 0 Å². The lowest BCUT2D eigenvalue weighted by atomic mass is 9.89. The zero-order valence-electron chi connectivity index (χ0n) is 8.41. The van der Waals surface area contributed by atoms with Gasteiger partial charge in [0.15, 0.2) is 0 Å². The standard InChI is InChI=1S/C12H15N/c1-9(2)12(8-13)11-6-4-10(3)5-7-11/h4-7,9,12H,1-3H3. The highest BCUT2D eigenvalue weighted by Crippen LogP contribution is 2.23. The SMILES string of the molecule is Cc1ccc(C(C#N)C(C)C)cc1. The Morgan fingerprint density at radius 3 is 2.08 bits per heavy atom. The van der Waals surface area contributed by atoms with Gasteiger partial charge in [-0.1, -0.05) is 43.7 Å². The largest absolute Gasteiger partial charge is 0.198 e. The van der Waals surface area contributed by atoms with Crippen molar-refractivity contribution in [3.05, 3.63) is 35.4 Å². The fraction of sp³-hybridized carbons (Fsp3) is 0.417. The van der Waals surface area contributed by atoms with Crippen LogP contribution in [-0.4, -0.2) is 0 Å². The summed E-state index contributed by atoms with van der Waals surface area (Å²) in [4.78, 5) is 0. The Morgan fingerprint density at radius 2 is 1.69 bits per heavy atom. The molecule has 1 heteroatoms. The van der Waals surface area contributed by atoms with Gasteiger partial charge in [-0.2, -0.15) is 5.26 Å². The molecule has 0 fully saturated rings. The van der Waals surface area contributed by atoms with Crippen molar-refractivity contribution in [3.8, 4) is 6.07 Å². The quantitative estimate of drug-likeness (QED) is 0.673. The van der Waals surface area contributed by atoms with E-state index < -0.39 is 0 Å². The molecule has 1 rings (SSSR count). The Balaban J connectivity index is 2.94. The van der Waals surface area contributed by atoms with E-state index in [-0.39, 0.29) is 5.92 Å². The first-order chi connectivity index (χ1) is 6.15. The second-order valence-corrected chi connectivity index (χ2v) is 3.76. The summed E-state index contributed by atoms with van der Waals surface area (Å²) in [5.41, 5.74) is 2.37. The molecule has 0 aromatic heterocycles. The summed E-state index contributed by atoms with van der Waals surface area (Å²) in [7, 11) is 0. The van der Waals surface area contributed by atoms with E-state index in [0.29, 0.717) is 5.92 Å². The van der Waals surface area contributed by atoms with Crippen LogP contribution in [-0.2, 0) is 0 Å². The maximum atomic E-state index is 8.97. The lowest BCUT2D eigenvalue weighted by Crippen LogP contribution is -2.03. The second-order valence-electron chi connectivity index (χ2n) is 3.76. The number of hydrogen-bond acceptors (Lipinski definition) is 1. The van der Waals surface area contributed by atoms with Crippen molar-refractivity contribution in [1.82, 2.24) is 0 Å². The first-order valence-electron chi connectivity index (χ1n) is 4.61. The predicted octanol–water partition coefficient (Wildman–Crippen LogP) is 3.26. The molecule has 68 valence electrons. The number of aryl methyl sites for hydroxylation is 1. The smallest absolute Gasteiger partial charge is 0.0735 e. The number of hydrogen-bond donors (Lipinski definition) is 0. The zero-order chi connectivity index (χ0) is 9.84. The van der Waals surface area contributed by atoms with Crippen LogP contribution in [0.25, 0.3) is 0 Å². The first kappa shape index (κ1) is 9.80. The molecule has 0 saturated carbocycles. The fourth-order valence-electron chi connectivity index (χ4n) is 1.38. The van der Waals surface area contributed by atoms with Gasteiger partial charge >= 0.3 is 0 Å². The summed E-state index contributed by atoms with van der Waals surface area (Å²) in [5, 5.41) is 8.97. The third kappa shape index (κ3) is 2.32. The summed E-state index contributed by atoms with van der Waals surface area (Å²) >= 11 is 0. The molecule has 0 saturated heterocycles. The van der Waals surface area contributed by atoms with E-state index in [2.05, 4.69) is 39.0 Å². The molecule has 0 radical (unpaired) electrons. The summed E-state index contributed by atoms with van der Waals surface area (Å²) in [6, 6.07) is 10.5. The van der Waals surface area contributed by atoms with Crippen molar-refractivity contribution in [2.45, 2.75) is 26.7 Å². The van der Waals surface area contributed by atoms with Crippen LogP contribution in [0.15, 0.2) is 24.3 Å². The van der Waals surface area contributed by atoms with Crippen molar-refractivity contribution in [1.29, 1.82) is 5.26 Å². The third-order valence-electron chi connectivity index (χ3n) is 2.24. The van der Waals surface area contributed by atoms with Gasteiger partial charge in [0.05, 0.1) is 12.0 Å². The van der Waals surface area contributed by atoms with Crippen LogP contribution in [0.4, 0.5) is 0 Å². The molecular weight excluding hydrogens is 158 g/mol. The van der Waals surface area contributed by atoms with Gasteiger partial charge in [-0.3, -0.25) is 0 Å². The van der Waals surface area contributed by atoms with Gasteiger partial charge in [-0.25, -0.2) is 0 Å². The second kappa shape index (κ2) is 4.09. The molecule has 1 aromatic rings. The lowest BCUT2D eigenvalue weighted by Gasteiger charge is -2.12. The van der Waals surface area contributed by atoms with Crippen LogP contribution in [0.2, 0.25) is 0 Å². The lowest BCUT2D eigenvalue weighted by molar-refractivity contribution is 0.587. The minimum atomic E-state index is 0.0283. The number of nitriles is 1. The van der Waals surface area contributed by atoms with E-state index in [1.54, 1.807) is 0 Å². The Hall–Kier alpha value is -1.29. The van der Waals surface area contributed by atoms with Crippen LogP contribution in [0.5, 0.6) is 0 Å². The van der Waals surface area contributed by atoms with Crippen LogP contribution in [0.3, 0.4) is 0 Å². The summed E-state index contributed by atoms with van der Waals surface area (Å²) in [6.45, 7) is 6.21. The molecule has 0 heterocycles.